The van der Waals surface area contributed by atoms with E-state index in [1.54, 1.807) is 14.0 Å². The lowest BCUT2D eigenvalue weighted by Crippen LogP contribution is -2.36. The van der Waals surface area contributed by atoms with Crippen molar-refractivity contribution in [2.24, 2.45) is 16.8 Å². The van der Waals surface area contributed by atoms with Gasteiger partial charge in [0.05, 0.1) is 5.56 Å². The van der Waals surface area contributed by atoms with Crippen molar-refractivity contribution < 1.29 is 15.1 Å². The molecule has 6 nitrogen and oxygen atoms in total. The Bertz CT molecular complexity index is 505. The minimum Gasteiger partial charge on any atom is -0.507 e. The fourth-order valence-corrected chi connectivity index (χ4v) is 1.74. The van der Waals surface area contributed by atoms with Crippen molar-refractivity contribution in [3.8, 4) is 5.75 Å². The Kier molecular flexibility index (Phi) is 5.00. The van der Waals surface area contributed by atoms with E-state index < -0.39 is 5.91 Å². The quantitative estimate of drug-likeness (QED) is 0.338. The fraction of sp³-hybridized carbons (Fsp3) is 0.333. The summed E-state index contributed by atoms with van der Waals surface area (Å²) in [5.74, 6) is -0.800. The third-order valence-corrected chi connectivity index (χ3v) is 2.94. The van der Waals surface area contributed by atoms with Crippen LogP contribution in [0.15, 0.2) is 23.4 Å². The molecule has 1 aromatic rings. The molecule has 0 saturated carbocycles. The summed E-state index contributed by atoms with van der Waals surface area (Å²) in [4.78, 5) is 13.5. The molecule has 1 atom stereocenters. The van der Waals surface area contributed by atoms with Gasteiger partial charge >= 0.3 is 0 Å². The van der Waals surface area contributed by atoms with Crippen LogP contribution in [0.2, 0.25) is 5.02 Å². The van der Waals surface area contributed by atoms with Gasteiger partial charge in [0, 0.05) is 24.5 Å². The Morgan fingerprint density at radius 3 is 2.79 bits per heavy atom. The van der Waals surface area contributed by atoms with Gasteiger partial charge in [0.2, 0.25) is 0 Å². The zero-order chi connectivity index (χ0) is 14.6. The second-order valence-corrected chi connectivity index (χ2v) is 4.71. The average molecular weight is 286 g/mol. The number of carbonyl (C=O) groups is 1. The number of oxime groups is 1. The zero-order valence-corrected chi connectivity index (χ0v) is 11.4. The molecule has 0 bridgehead atoms. The van der Waals surface area contributed by atoms with Crippen molar-refractivity contribution in [1.82, 2.24) is 4.90 Å². The monoisotopic (exact) mass is 285 g/mol. The van der Waals surface area contributed by atoms with E-state index in [2.05, 4.69) is 5.16 Å². The highest BCUT2D eigenvalue weighted by Crippen LogP contribution is 2.22. The number of hydrogen-bond donors (Lipinski definition) is 3. The summed E-state index contributed by atoms with van der Waals surface area (Å²) >= 11 is 5.79. The van der Waals surface area contributed by atoms with Crippen LogP contribution in [0.25, 0.3) is 0 Å². The topological polar surface area (TPSA) is 99.2 Å². The first-order valence-electron chi connectivity index (χ1n) is 5.58. The van der Waals surface area contributed by atoms with E-state index in [1.165, 1.54) is 23.1 Å². The summed E-state index contributed by atoms with van der Waals surface area (Å²) < 4.78 is 0. The van der Waals surface area contributed by atoms with E-state index in [0.29, 0.717) is 5.02 Å². The number of phenolic OH excluding ortho intramolecular Hbond substituents is 1. The predicted molar refractivity (Wildman–Crippen MR) is 72.7 cm³/mol. The van der Waals surface area contributed by atoms with Gasteiger partial charge < -0.3 is 20.9 Å². The number of benzene rings is 1. The van der Waals surface area contributed by atoms with Crippen LogP contribution >= 0.6 is 11.6 Å². The van der Waals surface area contributed by atoms with Gasteiger partial charge in [-0.15, -0.1) is 0 Å². The zero-order valence-electron chi connectivity index (χ0n) is 10.7. The number of phenols is 1. The van der Waals surface area contributed by atoms with Gasteiger partial charge in [-0.25, -0.2) is 0 Å². The molecule has 4 N–H and O–H groups in total. The number of rotatable bonds is 4. The van der Waals surface area contributed by atoms with Gasteiger partial charge in [0.15, 0.2) is 0 Å². The standard InChI is InChI=1S/C12H16ClN3O3/c1-7(11(14)15-19)6-16(2)12(18)9-5-8(13)3-4-10(9)17/h3-5,7,17,19H,6H2,1-2H3,(H2,14,15). The Balaban J connectivity index is 2.85. The van der Waals surface area contributed by atoms with Crippen LogP contribution in [0.4, 0.5) is 0 Å². The minimum atomic E-state index is -0.391. The molecule has 1 aromatic carbocycles. The van der Waals surface area contributed by atoms with Gasteiger partial charge in [-0.2, -0.15) is 0 Å². The van der Waals surface area contributed by atoms with Crippen molar-refractivity contribution in [3.05, 3.63) is 28.8 Å². The summed E-state index contributed by atoms with van der Waals surface area (Å²) in [5, 5.41) is 21.5. The molecule has 0 aliphatic carbocycles. The third kappa shape index (κ3) is 3.75. The molecule has 0 radical (unpaired) electrons. The van der Waals surface area contributed by atoms with Crippen molar-refractivity contribution in [3.63, 3.8) is 0 Å². The molecule has 19 heavy (non-hydrogen) atoms. The number of aromatic hydroxyl groups is 1. The SMILES string of the molecule is CC(CN(C)C(=O)c1cc(Cl)ccc1O)/C(N)=N/O. The van der Waals surface area contributed by atoms with Gasteiger partial charge in [0.25, 0.3) is 5.91 Å². The first-order valence-corrected chi connectivity index (χ1v) is 5.96. The molecular formula is C12H16ClN3O3. The van der Waals surface area contributed by atoms with Crippen molar-refractivity contribution in [1.29, 1.82) is 0 Å². The van der Waals surface area contributed by atoms with E-state index in [1.807, 2.05) is 0 Å². The van der Waals surface area contributed by atoms with E-state index in [9.17, 15) is 9.90 Å². The van der Waals surface area contributed by atoms with Crippen LogP contribution < -0.4 is 5.73 Å². The molecule has 1 amide bonds. The highest BCUT2D eigenvalue weighted by molar-refractivity contribution is 6.31. The Morgan fingerprint density at radius 1 is 1.58 bits per heavy atom. The second kappa shape index (κ2) is 6.29. The van der Waals surface area contributed by atoms with Crippen molar-refractivity contribution in [2.45, 2.75) is 6.92 Å². The Morgan fingerprint density at radius 2 is 2.21 bits per heavy atom. The molecule has 0 spiro atoms. The highest BCUT2D eigenvalue weighted by Gasteiger charge is 2.19. The maximum absolute atomic E-state index is 12.1. The number of nitrogens with two attached hydrogens (primary N) is 1. The average Bonchev–Trinajstić information content (AvgIpc) is 2.39. The molecular weight excluding hydrogens is 270 g/mol. The van der Waals surface area contributed by atoms with Crippen LogP contribution in [0.1, 0.15) is 17.3 Å². The fourth-order valence-electron chi connectivity index (χ4n) is 1.57. The maximum atomic E-state index is 12.1. The predicted octanol–water partition coefficient (Wildman–Crippen LogP) is 1.50. The molecule has 0 aromatic heterocycles. The Hall–Kier alpha value is -1.95. The Labute approximate surface area is 116 Å². The van der Waals surface area contributed by atoms with Gasteiger partial charge in [-0.1, -0.05) is 23.7 Å². The molecule has 1 unspecified atom stereocenters. The van der Waals surface area contributed by atoms with E-state index in [-0.39, 0.29) is 29.6 Å². The summed E-state index contributed by atoms with van der Waals surface area (Å²) in [7, 11) is 1.56. The number of nitrogens with zero attached hydrogens (tertiary/aromatic N) is 2. The van der Waals surface area contributed by atoms with Crippen LogP contribution in [-0.2, 0) is 0 Å². The van der Waals surface area contributed by atoms with Crippen LogP contribution in [-0.4, -0.2) is 40.5 Å². The van der Waals surface area contributed by atoms with Gasteiger partial charge in [-0.3, -0.25) is 4.79 Å². The number of amides is 1. The smallest absolute Gasteiger partial charge is 0.257 e. The molecule has 0 saturated heterocycles. The molecule has 1 rings (SSSR count). The van der Waals surface area contributed by atoms with Crippen molar-refractivity contribution >= 4 is 23.3 Å². The second-order valence-electron chi connectivity index (χ2n) is 4.27. The summed E-state index contributed by atoms with van der Waals surface area (Å²) in [6.45, 7) is 1.97. The maximum Gasteiger partial charge on any atom is 0.257 e. The highest BCUT2D eigenvalue weighted by atomic mass is 35.5. The first-order chi connectivity index (χ1) is 8.86. The van der Waals surface area contributed by atoms with Crippen LogP contribution in [0, 0.1) is 5.92 Å². The molecule has 0 fully saturated rings. The van der Waals surface area contributed by atoms with E-state index >= 15 is 0 Å². The van der Waals surface area contributed by atoms with Crippen LogP contribution in [0.5, 0.6) is 5.75 Å². The van der Waals surface area contributed by atoms with E-state index in [4.69, 9.17) is 22.5 Å². The number of halogens is 1. The molecule has 0 aliphatic heterocycles. The minimum absolute atomic E-state index is 0.0370. The lowest BCUT2D eigenvalue weighted by molar-refractivity contribution is 0.0783. The molecule has 104 valence electrons. The summed E-state index contributed by atoms with van der Waals surface area (Å²) in [5.41, 5.74) is 5.56. The summed E-state index contributed by atoms with van der Waals surface area (Å²) in [6, 6.07) is 4.24. The number of carbonyl (C=O) groups excluding carboxylic acids is 1. The van der Waals surface area contributed by atoms with Crippen molar-refractivity contribution in [2.75, 3.05) is 13.6 Å². The normalized spacial score (nSPS) is 13.1. The molecule has 0 heterocycles. The molecule has 0 aliphatic rings. The van der Waals surface area contributed by atoms with E-state index in [0.717, 1.165) is 0 Å². The lowest BCUT2D eigenvalue weighted by atomic mass is 10.1. The third-order valence-electron chi connectivity index (χ3n) is 2.70. The summed E-state index contributed by atoms with van der Waals surface area (Å²) in [6.07, 6.45) is 0. The first kappa shape index (κ1) is 15.1. The molecule has 7 heteroatoms. The number of amidine groups is 1. The van der Waals surface area contributed by atoms with Gasteiger partial charge in [-0.05, 0) is 18.2 Å². The number of hydrogen-bond acceptors (Lipinski definition) is 4. The lowest BCUT2D eigenvalue weighted by Gasteiger charge is -2.21. The van der Waals surface area contributed by atoms with Gasteiger partial charge in [0.1, 0.15) is 11.6 Å². The largest absolute Gasteiger partial charge is 0.507 e. The van der Waals surface area contributed by atoms with Crippen LogP contribution in [0.3, 0.4) is 0 Å².